The lowest BCUT2D eigenvalue weighted by atomic mass is 9.86. The Labute approximate surface area is 168 Å². The maximum Gasteiger partial charge on any atom is 0.168 e. The first-order chi connectivity index (χ1) is 13.2. The summed E-state index contributed by atoms with van der Waals surface area (Å²) in [5, 5.41) is 0. The zero-order valence-electron chi connectivity index (χ0n) is 17.2. The SMILES string of the molecule is C=CCC(C)C(=O)c1cc(C(=O)C(C)CC=C)c(N)c(C(=O)C(C)CC=C)c1. The van der Waals surface area contributed by atoms with Crippen molar-refractivity contribution in [2.24, 2.45) is 17.8 Å². The Balaban J connectivity index is 3.57. The van der Waals surface area contributed by atoms with E-state index in [4.69, 9.17) is 5.73 Å². The number of ketones is 3. The number of benzene rings is 1. The van der Waals surface area contributed by atoms with Crippen LogP contribution in [0.1, 0.15) is 71.1 Å². The van der Waals surface area contributed by atoms with Crippen molar-refractivity contribution in [3.05, 3.63) is 66.8 Å². The van der Waals surface area contributed by atoms with Crippen LogP contribution in [0.15, 0.2) is 50.1 Å². The first-order valence-electron chi connectivity index (χ1n) is 9.58. The topological polar surface area (TPSA) is 77.2 Å². The first kappa shape index (κ1) is 23.3. The predicted octanol–water partition coefficient (Wildman–Crippen LogP) is 5.45. The highest BCUT2D eigenvalue weighted by Crippen LogP contribution is 2.28. The predicted molar refractivity (Wildman–Crippen MR) is 116 cm³/mol. The zero-order valence-corrected chi connectivity index (χ0v) is 17.2. The Hall–Kier alpha value is -2.75. The maximum absolute atomic E-state index is 12.9. The van der Waals surface area contributed by atoms with Crippen LogP contribution < -0.4 is 5.73 Å². The Bertz CT molecular complexity index is 742. The number of nitrogens with two attached hydrogens (primary N) is 1. The molecule has 1 aromatic carbocycles. The lowest BCUT2D eigenvalue weighted by Gasteiger charge is -2.18. The second-order valence-corrected chi connectivity index (χ2v) is 7.35. The van der Waals surface area contributed by atoms with Crippen molar-refractivity contribution < 1.29 is 14.4 Å². The number of carbonyl (C=O) groups excluding carboxylic acids is 3. The summed E-state index contributed by atoms with van der Waals surface area (Å²) < 4.78 is 0. The minimum absolute atomic E-state index is 0.134. The summed E-state index contributed by atoms with van der Waals surface area (Å²) in [6.45, 7) is 16.4. The molecule has 2 N–H and O–H groups in total. The number of hydrogen-bond acceptors (Lipinski definition) is 4. The third-order valence-corrected chi connectivity index (χ3v) is 4.90. The summed E-state index contributed by atoms with van der Waals surface area (Å²) in [6, 6.07) is 3.04. The highest BCUT2D eigenvalue weighted by Gasteiger charge is 2.26. The van der Waals surface area contributed by atoms with Crippen LogP contribution in [0.4, 0.5) is 5.69 Å². The van der Waals surface area contributed by atoms with Gasteiger partial charge in [0.2, 0.25) is 0 Å². The van der Waals surface area contributed by atoms with Gasteiger partial charge in [0, 0.05) is 34.4 Å². The molecular formula is C24H31NO3. The van der Waals surface area contributed by atoms with E-state index in [1.807, 2.05) is 0 Å². The average Bonchev–Trinajstić information content (AvgIpc) is 2.67. The Morgan fingerprint density at radius 3 is 1.43 bits per heavy atom. The van der Waals surface area contributed by atoms with Crippen molar-refractivity contribution >= 4 is 23.0 Å². The molecule has 0 aromatic heterocycles. The maximum atomic E-state index is 12.9. The fourth-order valence-electron chi connectivity index (χ4n) is 3.09. The summed E-state index contributed by atoms with van der Waals surface area (Å²) in [4.78, 5) is 38.7. The molecule has 0 bridgehead atoms. The van der Waals surface area contributed by atoms with Gasteiger partial charge in [-0.05, 0) is 31.4 Å². The lowest BCUT2D eigenvalue weighted by molar-refractivity contribution is 0.0931. The molecule has 150 valence electrons. The number of anilines is 1. The van der Waals surface area contributed by atoms with Gasteiger partial charge < -0.3 is 5.73 Å². The quantitative estimate of drug-likeness (QED) is 0.296. The molecule has 0 aliphatic carbocycles. The van der Waals surface area contributed by atoms with Gasteiger partial charge in [0.05, 0.1) is 5.69 Å². The van der Waals surface area contributed by atoms with Crippen LogP contribution in [-0.4, -0.2) is 17.3 Å². The van der Waals surface area contributed by atoms with Crippen molar-refractivity contribution in [1.82, 2.24) is 0 Å². The summed E-state index contributed by atoms with van der Waals surface area (Å²) in [5.41, 5.74) is 7.14. The molecule has 0 saturated carbocycles. The molecule has 0 spiro atoms. The minimum atomic E-state index is -0.343. The van der Waals surface area contributed by atoms with E-state index in [0.29, 0.717) is 24.8 Å². The number of carbonyl (C=O) groups is 3. The van der Waals surface area contributed by atoms with E-state index in [0.717, 1.165) is 0 Å². The van der Waals surface area contributed by atoms with E-state index in [1.54, 1.807) is 39.0 Å². The highest BCUT2D eigenvalue weighted by molar-refractivity contribution is 6.12. The molecule has 0 aliphatic heterocycles. The van der Waals surface area contributed by atoms with E-state index < -0.39 is 0 Å². The van der Waals surface area contributed by atoms with Crippen LogP contribution in [0.25, 0.3) is 0 Å². The molecule has 4 heteroatoms. The minimum Gasteiger partial charge on any atom is -0.398 e. The lowest BCUT2D eigenvalue weighted by Crippen LogP contribution is -2.21. The first-order valence-corrected chi connectivity index (χ1v) is 9.58. The molecule has 1 aromatic rings. The third-order valence-electron chi connectivity index (χ3n) is 4.90. The Morgan fingerprint density at radius 1 is 0.786 bits per heavy atom. The van der Waals surface area contributed by atoms with Crippen LogP contribution in [0, 0.1) is 17.8 Å². The van der Waals surface area contributed by atoms with E-state index >= 15 is 0 Å². The number of allylic oxidation sites excluding steroid dienone is 3. The largest absolute Gasteiger partial charge is 0.398 e. The van der Waals surface area contributed by atoms with Gasteiger partial charge in [-0.1, -0.05) is 39.0 Å². The van der Waals surface area contributed by atoms with Crippen molar-refractivity contribution in [3.63, 3.8) is 0 Å². The molecular weight excluding hydrogens is 350 g/mol. The Morgan fingerprint density at radius 2 is 1.11 bits per heavy atom. The molecule has 0 radical (unpaired) electrons. The van der Waals surface area contributed by atoms with Crippen molar-refractivity contribution in [2.75, 3.05) is 5.73 Å². The zero-order chi connectivity index (χ0) is 21.4. The molecule has 4 nitrogen and oxygen atoms in total. The fourth-order valence-corrected chi connectivity index (χ4v) is 3.09. The number of Topliss-reactive ketones (excluding diaryl/α,β-unsaturated/α-hetero) is 3. The van der Waals surface area contributed by atoms with Gasteiger partial charge in [0.15, 0.2) is 17.3 Å². The van der Waals surface area contributed by atoms with Crippen molar-refractivity contribution in [2.45, 2.75) is 40.0 Å². The van der Waals surface area contributed by atoms with Gasteiger partial charge in [-0.2, -0.15) is 0 Å². The molecule has 3 atom stereocenters. The van der Waals surface area contributed by atoms with Crippen molar-refractivity contribution in [1.29, 1.82) is 0 Å². The summed E-state index contributed by atoms with van der Waals surface area (Å²) in [6.07, 6.45) is 6.49. The van der Waals surface area contributed by atoms with Gasteiger partial charge in [-0.3, -0.25) is 14.4 Å². The second-order valence-electron chi connectivity index (χ2n) is 7.35. The van der Waals surface area contributed by atoms with E-state index in [2.05, 4.69) is 19.7 Å². The standard InChI is InChI=1S/C24H31NO3/c1-7-10-15(4)22(26)18-13-19(23(27)16(5)11-8-2)21(25)20(14-18)24(28)17(6)12-9-3/h7-9,13-17H,1-3,10-12,25H2,4-6H3. The third kappa shape index (κ3) is 5.38. The van der Waals surface area contributed by atoms with E-state index in [9.17, 15) is 14.4 Å². The number of hydrogen-bond donors (Lipinski definition) is 1. The van der Waals surface area contributed by atoms with Gasteiger partial charge in [-0.25, -0.2) is 0 Å². The smallest absolute Gasteiger partial charge is 0.168 e. The second kappa shape index (κ2) is 10.5. The van der Waals surface area contributed by atoms with Gasteiger partial charge in [0.1, 0.15) is 0 Å². The number of rotatable bonds is 12. The monoisotopic (exact) mass is 381 g/mol. The average molecular weight is 382 g/mol. The summed E-state index contributed by atoms with van der Waals surface area (Å²) in [7, 11) is 0. The molecule has 0 saturated heterocycles. The van der Waals surface area contributed by atoms with E-state index in [-0.39, 0.29) is 51.9 Å². The molecule has 1 rings (SSSR count). The summed E-state index contributed by atoms with van der Waals surface area (Å²) >= 11 is 0. The molecule has 0 fully saturated rings. The molecule has 28 heavy (non-hydrogen) atoms. The van der Waals surface area contributed by atoms with Crippen LogP contribution in [0.3, 0.4) is 0 Å². The van der Waals surface area contributed by atoms with Crippen LogP contribution in [0.2, 0.25) is 0 Å². The normalized spacial score (nSPS) is 13.8. The van der Waals surface area contributed by atoms with Crippen molar-refractivity contribution in [3.8, 4) is 0 Å². The van der Waals surface area contributed by atoms with Crippen LogP contribution in [0.5, 0.6) is 0 Å². The fraction of sp³-hybridized carbons (Fsp3) is 0.375. The summed E-state index contributed by atoms with van der Waals surface area (Å²) in [5.74, 6) is -1.53. The molecule has 0 amide bonds. The van der Waals surface area contributed by atoms with Crippen LogP contribution >= 0.6 is 0 Å². The van der Waals surface area contributed by atoms with E-state index in [1.165, 1.54) is 12.1 Å². The van der Waals surface area contributed by atoms with Gasteiger partial charge in [-0.15, -0.1) is 19.7 Å². The van der Waals surface area contributed by atoms with Crippen LogP contribution in [-0.2, 0) is 0 Å². The molecule has 0 aliphatic rings. The molecule has 0 heterocycles. The molecule has 3 unspecified atom stereocenters. The highest BCUT2D eigenvalue weighted by atomic mass is 16.1. The van der Waals surface area contributed by atoms with Gasteiger partial charge in [0.25, 0.3) is 0 Å². The Kier molecular flexibility index (Phi) is 8.77. The van der Waals surface area contributed by atoms with Gasteiger partial charge >= 0.3 is 0 Å². The number of nitrogen functional groups attached to an aromatic ring is 1.